The number of rotatable bonds is 5. The molecular formula is C16H29N3O2. The second-order valence-corrected chi connectivity index (χ2v) is 6.65. The minimum atomic E-state index is -0.113. The van der Waals surface area contributed by atoms with E-state index in [1.807, 2.05) is 11.8 Å². The molecule has 0 N–H and O–H groups in total. The molecule has 21 heavy (non-hydrogen) atoms. The van der Waals surface area contributed by atoms with Gasteiger partial charge in [-0.3, -0.25) is 4.90 Å². The predicted molar refractivity (Wildman–Crippen MR) is 82.4 cm³/mol. The molecule has 2 unspecified atom stereocenters. The molecule has 0 aromatic rings. The summed E-state index contributed by atoms with van der Waals surface area (Å²) in [6.45, 7) is 9.29. The lowest BCUT2D eigenvalue weighted by Crippen LogP contribution is -2.49. The summed E-state index contributed by atoms with van der Waals surface area (Å²) in [5, 5.41) is 0. The molecule has 0 aromatic heterocycles. The standard InChI is InChI=1S/C16H29N3O2/c1-2-21-16(20)19-13-14-11-15(19)12-18(14)10-6-9-17-7-4-3-5-8-17/h14-15H,2-13H2,1H3. The van der Waals surface area contributed by atoms with Gasteiger partial charge in [0.1, 0.15) is 0 Å². The van der Waals surface area contributed by atoms with Gasteiger partial charge in [0.25, 0.3) is 0 Å². The van der Waals surface area contributed by atoms with Crippen LogP contribution in [0.15, 0.2) is 0 Å². The predicted octanol–water partition coefficient (Wildman–Crippen LogP) is 1.78. The molecule has 1 amide bonds. The maximum absolute atomic E-state index is 11.8. The zero-order valence-corrected chi connectivity index (χ0v) is 13.3. The Hall–Kier alpha value is -0.810. The molecule has 5 nitrogen and oxygen atoms in total. The van der Waals surface area contributed by atoms with Crippen LogP contribution in [0.2, 0.25) is 0 Å². The highest BCUT2D eigenvalue weighted by molar-refractivity contribution is 5.68. The Morgan fingerprint density at radius 2 is 1.90 bits per heavy atom. The summed E-state index contributed by atoms with van der Waals surface area (Å²) in [5.41, 5.74) is 0. The average Bonchev–Trinajstić information content (AvgIpc) is 3.09. The Morgan fingerprint density at radius 1 is 1.10 bits per heavy atom. The maximum Gasteiger partial charge on any atom is 0.410 e. The first kappa shape index (κ1) is 15.1. The van der Waals surface area contributed by atoms with E-state index < -0.39 is 0 Å². The van der Waals surface area contributed by atoms with Crippen LogP contribution < -0.4 is 0 Å². The first-order valence-corrected chi connectivity index (χ1v) is 8.67. The smallest absolute Gasteiger partial charge is 0.410 e. The quantitative estimate of drug-likeness (QED) is 0.774. The highest BCUT2D eigenvalue weighted by Gasteiger charge is 2.45. The zero-order valence-electron chi connectivity index (χ0n) is 13.3. The van der Waals surface area contributed by atoms with Crippen LogP contribution in [-0.2, 0) is 4.74 Å². The Balaban J connectivity index is 1.37. The Labute approximate surface area is 128 Å². The molecule has 120 valence electrons. The first-order valence-electron chi connectivity index (χ1n) is 8.67. The summed E-state index contributed by atoms with van der Waals surface area (Å²) in [5.74, 6) is 0. The molecule has 3 rings (SSSR count). The van der Waals surface area contributed by atoms with E-state index in [1.165, 1.54) is 51.9 Å². The Morgan fingerprint density at radius 3 is 2.57 bits per heavy atom. The molecule has 2 bridgehead atoms. The van der Waals surface area contributed by atoms with E-state index in [-0.39, 0.29) is 6.09 Å². The van der Waals surface area contributed by atoms with E-state index in [0.717, 1.165) is 19.5 Å². The number of hydrogen-bond donors (Lipinski definition) is 0. The van der Waals surface area contributed by atoms with E-state index in [1.54, 1.807) is 0 Å². The number of amides is 1. The fraction of sp³-hybridized carbons (Fsp3) is 0.938. The summed E-state index contributed by atoms with van der Waals surface area (Å²) in [4.78, 5) is 19.0. The second-order valence-electron chi connectivity index (χ2n) is 6.65. The Bertz CT molecular complexity index is 357. The van der Waals surface area contributed by atoms with Crippen LogP contribution in [0.4, 0.5) is 4.79 Å². The lowest BCUT2D eigenvalue weighted by atomic mass is 10.1. The molecule has 3 heterocycles. The molecule has 0 saturated carbocycles. The molecule has 3 fully saturated rings. The van der Waals surface area contributed by atoms with Crippen molar-refractivity contribution in [2.75, 3.05) is 45.9 Å². The van der Waals surface area contributed by atoms with E-state index in [4.69, 9.17) is 4.74 Å². The first-order chi connectivity index (χ1) is 10.3. The average molecular weight is 295 g/mol. The number of carbonyl (C=O) groups excluding carboxylic acids is 1. The number of ether oxygens (including phenoxy) is 1. The summed E-state index contributed by atoms with van der Waals surface area (Å²) < 4.78 is 5.14. The number of piperazine rings is 1. The van der Waals surface area contributed by atoms with Crippen molar-refractivity contribution in [1.82, 2.24) is 14.7 Å². The van der Waals surface area contributed by atoms with Crippen molar-refractivity contribution >= 4 is 6.09 Å². The number of nitrogens with zero attached hydrogens (tertiary/aromatic N) is 3. The lowest BCUT2D eigenvalue weighted by Gasteiger charge is -2.34. The van der Waals surface area contributed by atoms with Gasteiger partial charge in [0, 0.05) is 25.2 Å². The fourth-order valence-electron chi connectivity index (χ4n) is 4.13. The van der Waals surface area contributed by atoms with Crippen molar-refractivity contribution in [3.63, 3.8) is 0 Å². The molecule has 2 atom stereocenters. The van der Waals surface area contributed by atoms with Crippen LogP contribution in [0.25, 0.3) is 0 Å². The number of piperidine rings is 1. The summed E-state index contributed by atoms with van der Waals surface area (Å²) in [6, 6.07) is 0.963. The van der Waals surface area contributed by atoms with Gasteiger partial charge in [-0.2, -0.15) is 0 Å². The summed E-state index contributed by atoms with van der Waals surface area (Å²) >= 11 is 0. The highest BCUT2D eigenvalue weighted by Crippen LogP contribution is 2.31. The van der Waals surface area contributed by atoms with Crippen LogP contribution in [-0.4, -0.2) is 78.8 Å². The van der Waals surface area contributed by atoms with Crippen molar-refractivity contribution in [2.45, 2.75) is 51.1 Å². The fourth-order valence-corrected chi connectivity index (χ4v) is 4.13. The van der Waals surface area contributed by atoms with Crippen LogP contribution in [0.1, 0.15) is 39.0 Å². The van der Waals surface area contributed by atoms with Gasteiger partial charge in [-0.05, 0) is 58.8 Å². The normalized spacial score (nSPS) is 30.0. The van der Waals surface area contributed by atoms with Crippen LogP contribution >= 0.6 is 0 Å². The van der Waals surface area contributed by atoms with Crippen molar-refractivity contribution in [2.24, 2.45) is 0 Å². The number of hydrogen-bond acceptors (Lipinski definition) is 4. The molecule has 3 aliphatic rings. The summed E-state index contributed by atoms with van der Waals surface area (Å²) in [6.07, 6.45) is 6.46. The molecule has 3 saturated heterocycles. The third-order valence-corrected chi connectivity index (χ3v) is 5.22. The minimum Gasteiger partial charge on any atom is -0.450 e. The van der Waals surface area contributed by atoms with Crippen LogP contribution in [0.3, 0.4) is 0 Å². The third-order valence-electron chi connectivity index (χ3n) is 5.22. The van der Waals surface area contributed by atoms with E-state index in [9.17, 15) is 4.79 Å². The molecule has 0 aromatic carbocycles. The van der Waals surface area contributed by atoms with Gasteiger partial charge in [-0.15, -0.1) is 0 Å². The topological polar surface area (TPSA) is 36.0 Å². The third kappa shape index (κ3) is 3.51. The maximum atomic E-state index is 11.8. The van der Waals surface area contributed by atoms with Gasteiger partial charge in [0.15, 0.2) is 0 Å². The number of carbonyl (C=O) groups is 1. The van der Waals surface area contributed by atoms with Crippen molar-refractivity contribution in [3.8, 4) is 0 Å². The van der Waals surface area contributed by atoms with Gasteiger partial charge in [0.05, 0.1) is 6.61 Å². The number of likely N-dealkylation sites (tertiary alicyclic amines) is 3. The lowest BCUT2D eigenvalue weighted by molar-refractivity contribution is 0.0760. The van der Waals surface area contributed by atoms with E-state index in [2.05, 4.69) is 9.80 Å². The second kappa shape index (κ2) is 6.97. The molecule has 3 aliphatic heterocycles. The van der Waals surface area contributed by atoms with Gasteiger partial charge in [-0.25, -0.2) is 4.79 Å². The SMILES string of the molecule is CCOC(=O)N1CC2CC1CN2CCCN1CCCCC1. The van der Waals surface area contributed by atoms with Gasteiger partial charge >= 0.3 is 6.09 Å². The minimum absolute atomic E-state index is 0.113. The molecule has 0 spiro atoms. The summed E-state index contributed by atoms with van der Waals surface area (Å²) in [7, 11) is 0. The van der Waals surface area contributed by atoms with Crippen molar-refractivity contribution in [1.29, 1.82) is 0 Å². The van der Waals surface area contributed by atoms with Gasteiger partial charge in [0.2, 0.25) is 0 Å². The molecule has 0 aliphatic carbocycles. The highest BCUT2D eigenvalue weighted by atomic mass is 16.6. The van der Waals surface area contributed by atoms with Crippen LogP contribution in [0, 0.1) is 0 Å². The van der Waals surface area contributed by atoms with E-state index >= 15 is 0 Å². The zero-order chi connectivity index (χ0) is 14.7. The molecule has 5 heteroatoms. The van der Waals surface area contributed by atoms with Crippen molar-refractivity contribution in [3.05, 3.63) is 0 Å². The largest absolute Gasteiger partial charge is 0.450 e. The monoisotopic (exact) mass is 295 g/mol. The van der Waals surface area contributed by atoms with Crippen molar-refractivity contribution < 1.29 is 9.53 Å². The Kier molecular flexibility index (Phi) is 5.01. The van der Waals surface area contributed by atoms with Gasteiger partial charge in [-0.1, -0.05) is 6.42 Å². The molecular weight excluding hydrogens is 266 g/mol. The van der Waals surface area contributed by atoms with E-state index in [0.29, 0.717) is 18.7 Å². The van der Waals surface area contributed by atoms with Crippen LogP contribution in [0.5, 0.6) is 0 Å². The molecule has 0 radical (unpaired) electrons. The van der Waals surface area contributed by atoms with Gasteiger partial charge < -0.3 is 14.5 Å². The number of fused-ring (bicyclic) bond motifs is 2.